The van der Waals surface area contributed by atoms with E-state index in [0.717, 1.165) is 18.4 Å². The molecule has 1 N–H and O–H groups in total. The van der Waals surface area contributed by atoms with Crippen LogP contribution in [0.15, 0.2) is 60.7 Å². The lowest BCUT2D eigenvalue weighted by molar-refractivity contribution is -0.127. The van der Waals surface area contributed by atoms with E-state index in [1.54, 1.807) is 47.4 Å². The van der Waals surface area contributed by atoms with Gasteiger partial charge in [-0.05, 0) is 48.7 Å². The first-order valence-electron chi connectivity index (χ1n) is 9.58. The minimum absolute atomic E-state index is 0.0603. The topological polar surface area (TPSA) is 75.7 Å². The van der Waals surface area contributed by atoms with E-state index in [1.807, 2.05) is 18.2 Å². The van der Waals surface area contributed by atoms with Crippen molar-refractivity contribution in [3.8, 4) is 0 Å². The number of hydrogen-bond acceptors (Lipinski definition) is 4. The maximum atomic E-state index is 12.4. The largest absolute Gasteiger partial charge is 0.465 e. The normalized spacial score (nSPS) is 14.6. The SMILES string of the molecule is COC(=O)c1ccc(C=CC(=O)N2CCC(NC(=O)c3ccccc3)CC2)cc1. The van der Waals surface area contributed by atoms with Crippen molar-refractivity contribution in [3.63, 3.8) is 0 Å². The van der Waals surface area contributed by atoms with Crippen molar-refractivity contribution in [2.24, 2.45) is 0 Å². The number of amides is 2. The van der Waals surface area contributed by atoms with Crippen molar-refractivity contribution in [1.82, 2.24) is 10.2 Å². The molecule has 1 aliphatic heterocycles. The molecule has 2 amide bonds. The molecule has 3 rings (SSSR count). The predicted octanol–water partition coefficient (Wildman–Crippen LogP) is 2.91. The minimum atomic E-state index is -0.390. The molecule has 0 spiro atoms. The fourth-order valence-corrected chi connectivity index (χ4v) is 3.22. The van der Waals surface area contributed by atoms with Crippen molar-refractivity contribution >= 4 is 23.9 Å². The van der Waals surface area contributed by atoms with E-state index >= 15 is 0 Å². The number of carbonyl (C=O) groups excluding carboxylic acids is 3. The van der Waals surface area contributed by atoms with Crippen LogP contribution >= 0.6 is 0 Å². The fraction of sp³-hybridized carbons (Fsp3) is 0.261. The first kappa shape index (κ1) is 20.3. The number of carbonyl (C=O) groups is 3. The quantitative estimate of drug-likeness (QED) is 0.627. The third-order valence-corrected chi connectivity index (χ3v) is 4.93. The van der Waals surface area contributed by atoms with Crippen molar-refractivity contribution < 1.29 is 19.1 Å². The summed E-state index contributed by atoms with van der Waals surface area (Å²) in [4.78, 5) is 37.9. The van der Waals surface area contributed by atoms with Gasteiger partial charge in [0.15, 0.2) is 0 Å². The highest BCUT2D eigenvalue weighted by Gasteiger charge is 2.23. The number of nitrogens with zero attached hydrogens (tertiary/aromatic N) is 1. The lowest BCUT2D eigenvalue weighted by atomic mass is 10.0. The smallest absolute Gasteiger partial charge is 0.337 e. The van der Waals surface area contributed by atoms with Gasteiger partial charge < -0.3 is 15.0 Å². The van der Waals surface area contributed by atoms with E-state index in [0.29, 0.717) is 24.2 Å². The van der Waals surface area contributed by atoms with Gasteiger partial charge in [-0.15, -0.1) is 0 Å². The molecule has 150 valence electrons. The molecule has 1 fully saturated rings. The molecule has 0 atom stereocenters. The van der Waals surface area contributed by atoms with Gasteiger partial charge in [0.25, 0.3) is 5.91 Å². The molecular weight excluding hydrogens is 368 g/mol. The van der Waals surface area contributed by atoms with Crippen molar-refractivity contribution in [3.05, 3.63) is 77.4 Å². The van der Waals surface area contributed by atoms with Gasteiger partial charge in [-0.1, -0.05) is 30.3 Å². The van der Waals surface area contributed by atoms with Crippen LogP contribution in [0.2, 0.25) is 0 Å². The van der Waals surface area contributed by atoms with Crippen LogP contribution < -0.4 is 5.32 Å². The summed E-state index contributed by atoms with van der Waals surface area (Å²) in [7, 11) is 1.34. The Morgan fingerprint density at radius 2 is 1.62 bits per heavy atom. The second-order valence-electron chi connectivity index (χ2n) is 6.89. The predicted molar refractivity (Wildman–Crippen MR) is 110 cm³/mol. The number of nitrogens with one attached hydrogen (secondary N) is 1. The van der Waals surface area contributed by atoms with Gasteiger partial charge in [0.1, 0.15) is 0 Å². The number of hydrogen-bond donors (Lipinski definition) is 1. The van der Waals surface area contributed by atoms with Crippen LogP contribution in [0.4, 0.5) is 0 Å². The molecule has 1 heterocycles. The molecule has 6 heteroatoms. The molecule has 6 nitrogen and oxygen atoms in total. The highest BCUT2D eigenvalue weighted by Crippen LogP contribution is 2.13. The summed E-state index contributed by atoms with van der Waals surface area (Å²) in [6, 6.07) is 16.1. The van der Waals surface area contributed by atoms with Gasteiger partial charge in [-0.3, -0.25) is 9.59 Å². The zero-order chi connectivity index (χ0) is 20.6. The van der Waals surface area contributed by atoms with E-state index in [4.69, 9.17) is 0 Å². The average Bonchev–Trinajstić information content (AvgIpc) is 2.78. The Labute approximate surface area is 170 Å². The lowest BCUT2D eigenvalue weighted by Gasteiger charge is -2.31. The highest BCUT2D eigenvalue weighted by molar-refractivity contribution is 5.94. The molecular formula is C23H24N2O4. The molecule has 0 bridgehead atoms. The van der Waals surface area contributed by atoms with E-state index in [-0.39, 0.29) is 23.8 Å². The first-order valence-corrected chi connectivity index (χ1v) is 9.58. The number of benzene rings is 2. The summed E-state index contributed by atoms with van der Waals surface area (Å²) in [6.07, 6.45) is 4.72. The average molecular weight is 392 g/mol. The van der Waals surface area contributed by atoms with Crippen molar-refractivity contribution in [2.75, 3.05) is 20.2 Å². The van der Waals surface area contributed by atoms with Crippen LogP contribution in [0.1, 0.15) is 39.1 Å². The van der Waals surface area contributed by atoms with Crippen LogP contribution in [0.25, 0.3) is 6.08 Å². The summed E-state index contributed by atoms with van der Waals surface area (Å²) in [5.74, 6) is -0.528. The first-order chi connectivity index (χ1) is 14.1. The third kappa shape index (κ3) is 5.54. The summed E-state index contributed by atoms with van der Waals surface area (Å²) < 4.78 is 4.67. The summed E-state index contributed by atoms with van der Waals surface area (Å²) >= 11 is 0. The second kappa shape index (κ2) is 9.68. The zero-order valence-electron chi connectivity index (χ0n) is 16.3. The van der Waals surface area contributed by atoms with Crippen LogP contribution in [0.3, 0.4) is 0 Å². The zero-order valence-corrected chi connectivity index (χ0v) is 16.3. The van der Waals surface area contributed by atoms with E-state index in [9.17, 15) is 14.4 Å². The standard InChI is InChI=1S/C23H24N2O4/c1-29-23(28)19-10-7-17(8-11-19)9-12-21(26)25-15-13-20(14-16-25)24-22(27)18-5-3-2-4-6-18/h2-12,20H,13-16H2,1H3,(H,24,27). The van der Waals surface area contributed by atoms with E-state index in [1.165, 1.54) is 13.2 Å². The van der Waals surface area contributed by atoms with E-state index in [2.05, 4.69) is 10.1 Å². The Kier molecular flexibility index (Phi) is 6.79. The van der Waals surface area contributed by atoms with Crippen molar-refractivity contribution in [2.45, 2.75) is 18.9 Å². The third-order valence-electron chi connectivity index (χ3n) is 4.93. The van der Waals surface area contributed by atoms with Gasteiger partial charge in [-0.2, -0.15) is 0 Å². The van der Waals surface area contributed by atoms with E-state index < -0.39 is 0 Å². The summed E-state index contributed by atoms with van der Waals surface area (Å²) in [6.45, 7) is 1.20. The van der Waals surface area contributed by atoms with Gasteiger partial charge in [0.2, 0.25) is 5.91 Å². The maximum absolute atomic E-state index is 12.4. The molecule has 2 aromatic carbocycles. The number of ether oxygens (including phenoxy) is 1. The Morgan fingerprint density at radius 3 is 2.24 bits per heavy atom. The van der Waals surface area contributed by atoms with Crippen LogP contribution in [-0.2, 0) is 9.53 Å². The molecule has 0 unspecified atom stereocenters. The van der Waals surface area contributed by atoms with Gasteiger partial charge in [0.05, 0.1) is 12.7 Å². The van der Waals surface area contributed by atoms with Crippen LogP contribution in [0.5, 0.6) is 0 Å². The Hall–Kier alpha value is -3.41. The molecule has 29 heavy (non-hydrogen) atoms. The Morgan fingerprint density at radius 1 is 0.966 bits per heavy atom. The monoisotopic (exact) mass is 392 g/mol. The molecule has 0 saturated carbocycles. The molecule has 1 aliphatic rings. The molecule has 0 radical (unpaired) electrons. The minimum Gasteiger partial charge on any atom is -0.465 e. The lowest BCUT2D eigenvalue weighted by Crippen LogP contribution is -2.46. The molecule has 0 aliphatic carbocycles. The number of likely N-dealkylation sites (tertiary alicyclic amines) is 1. The maximum Gasteiger partial charge on any atom is 0.337 e. The Balaban J connectivity index is 1.48. The number of methoxy groups -OCH3 is 1. The number of rotatable bonds is 5. The van der Waals surface area contributed by atoms with Gasteiger partial charge in [0, 0.05) is 30.8 Å². The van der Waals surface area contributed by atoms with Crippen LogP contribution in [0, 0.1) is 0 Å². The summed E-state index contributed by atoms with van der Waals surface area (Å²) in [5, 5.41) is 3.04. The molecule has 0 aromatic heterocycles. The van der Waals surface area contributed by atoms with Crippen molar-refractivity contribution in [1.29, 1.82) is 0 Å². The fourth-order valence-electron chi connectivity index (χ4n) is 3.22. The second-order valence-corrected chi connectivity index (χ2v) is 6.89. The highest BCUT2D eigenvalue weighted by atomic mass is 16.5. The Bertz CT molecular complexity index is 883. The molecule has 2 aromatic rings. The summed E-state index contributed by atoms with van der Waals surface area (Å²) in [5.41, 5.74) is 1.94. The molecule has 1 saturated heterocycles. The number of piperidine rings is 1. The van der Waals surface area contributed by atoms with Gasteiger partial charge in [-0.25, -0.2) is 4.79 Å². The van der Waals surface area contributed by atoms with Gasteiger partial charge >= 0.3 is 5.97 Å². The number of esters is 1. The van der Waals surface area contributed by atoms with Crippen LogP contribution in [-0.4, -0.2) is 48.9 Å².